The van der Waals surface area contributed by atoms with Crippen molar-refractivity contribution in [1.29, 1.82) is 0 Å². The first-order valence-electron chi connectivity index (χ1n) is 11.6. The van der Waals surface area contributed by atoms with Gasteiger partial charge in [0.25, 0.3) is 5.56 Å². The summed E-state index contributed by atoms with van der Waals surface area (Å²) < 4.78 is 9.40. The summed E-state index contributed by atoms with van der Waals surface area (Å²) in [5.74, 6) is 0.798. The molecule has 0 radical (unpaired) electrons. The SMILES string of the molecule is Cc1cc(-c2nc3ccc(CN[C@@](C=O)(CO)[C@@H](C)O)cc3n2C2CCOCC2)cn(C)c1=O. The quantitative estimate of drug-likeness (QED) is 0.428. The van der Waals surface area contributed by atoms with E-state index >= 15 is 0 Å². The van der Waals surface area contributed by atoms with Crippen LogP contribution in [0.15, 0.2) is 35.3 Å². The van der Waals surface area contributed by atoms with Crippen LogP contribution in [0.3, 0.4) is 0 Å². The third-order valence-electron chi connectivity index (χ3n) is 6.77. The van der Waals surface area contributed by atoms with Gasteiger partial charge in [0.05, 0.1) is 23.7 Å². The zero-order valence-electron chi connectivity index (χ0n) is 19.8. The predicted octanol–water partition coefficient (Wildman–Crippen LogP) is 1.46. The molecule has 1 aliphatic rings. The van der Waals surface area contributed by atoms with Gasteiger partial charge in [-0.1, -0.05) is 6.07 Å². The fourth-order valence-corrected chi connectivity index (χ4v) is 4.54. The number of aliphatic hydroxyl groups excluding tert-OH is 2. The highest BCUT2D eigenvalue weighted by molar-refractivity contribution is 5.81. The number of hydrogen-bond acceptors (Lipinski definition) is 7. The largest absolute Gasteiger partial charge is 0.394 e. The Labute approximate surface area is 198 Å². The second-order valence-electron chi connectivity index (χ2n) is 9.15. The van der Waals surface area contributed by atoms with E-state index in [1.54, 1.807) is 18.5 Å². The van der Waals surface area contributed by atoms with E-state index < -0.39 is 18.2 Å². The van der Waals surface area contributed by atoms with Gasteiger partial charge in [0.2, 0.25) is 0 Å². The Morgan fingerprint density at radius 1 is 1.32 bits per heavy atom. The van der Waals surface area contributed by atoms with E-state index in [9.17, 15) is 19.8 Å². The van der Waals surface area contributed by atoms with Crippen molar-refractivity contribution in [3.63, 3.8) is 0 Å². The van der Waals surface area contributed by atoms with Gasteiger partial charge in [0.15, 0.2) is 0 Å². The molecule has 3 heterocycles. The maximum absolute atomic E-state index is 12.3. The van der Waals surface area contributed by atoms with E-state index in [0.717, 1.165) is 40.8 Å². The van der Waals surface area contributed by atoms with Crippen molar-refractivity contribution in [3.05, 3.63) is 51.9 Å². The van der Waals surface area contributed by atoms with Crippen LogP contribution in [0.5, 0.6) is 0 Å². The lowest BCUT2D eigenvalue weighted by Crippen LogP contribution is -2.57. The number of nitrogens with one attached hydrogen (secondary N) is 1. The van der Waals surface area contributed by atoms with E-state index in [2.05, 4.69) is 9.88 Å². The van der Waals surface area contributed by atoms with Crippen molar-refractivity contribution < 1.29 is 19.7 Å². The molecule has 9 heteroatoms. The third-order valence-corrected chi connectivity index (χ3v) is 6.77. The second kappa shape index (κ2) is 9.79. The molecule has 1 aromatic carbocycles. The highest BCUT2D eigenvalue weighted by atomic mass is 16.5. The summed E-state index contributed by atoms with van der Waals surface area (Å²) in [7, 11) is 1.74. The first-order valence-corrected chi connectivity index (χ1v) is 11.6. The van der Waals surface area contributed by atoms with Gasteiger partial charge in [-0.15, -0.1) is 0 Å². The molecule has 9 nitrogen and oxygen atoms in total. The Hall–Kier alpha value is -2.85. The average molecular weight is 469 g/mol. The number of carbonyl (C=O) groups excluding carboxylic acids is 1. The lowest BCUT2D eigenvalue weighted by Gasteiger charge is -2.30. The van der Waals surface area contributed by atoms with Crippen molar-refractivity contribution in [2.75, 3.05) is 19.8 Å². The fourth-order valence-electron chi connectivity index (χ4n) is 4.54. The first kappa shape index (κ1) is 24.3. The summed E-state index contributed by atoms with van der Waals surface area (Å²) in [5, 5.41) is 22.7. The van der Waals surface area contributed by atoms with Crippen LogP contribution in [0.25, 0.3) is 22.4 Å². The molecule has 0 amide bonds. The minimum atomic E-state index is -1.42. The summed E-state index contributed by atoms with van der Waals surface area (Å²) in [4.78, 5) is 28.8. The number of ether oxygens (including phenoxy) is 1. The van der Waals surface area contributed by atoms with E-state index in [0.29, 0.717) is 25.1 Å². The molecular weight excluding hydrogens is 436 g/mol. The lowest BCUT2D eigenvalue weighted by atomic mass is 9.96. The molecule has 2 aromatic heterocycles. The summed E-state index contributed by atoms with van der Waals surface area (Å²) >= 11 is 0. The number of aldehydes is 1. The maximum Gasteiger partial charge on any atom is 0.253 e. The van der Waals surface area contributed by atoms with Gasteiger partial charge in [-0.25, -0.2) is 4.98 Å². The zero-order chi connectivity index (χ0) is 24.5. The normalized spacial score (nSPS) is 17.6. The maximum atomic E-state index is 12.3. The summed E-state index contributed by atoms with van der Waals surface area (Å²) in [5.41, 5.74) is 2.74. The minimum absolute atomic E-state index is 0.0357. The molecule has 34 heavy (non-hydrogen) atoms. The molecule has 3 aromatic rings. The molecule has 4 rings (SSSR count). The molecule has 1 fully saturated rings. The van der Waals surface area contributed by atoms with Crippen LogP contribution in [0.1, 0.15) is 36.9 Å². The number of hydrogen-bond donors (Lipinski definition) is 3. The van der Waals surface area contributed by atoms with Gasteiger partial charge in [-0.2, -0.15) is 0 Å². The summed E-state index contributed by atoms with van der Waals surface area (Å²) in [6.45, 7) is 4.40. The Balaban J connectivity index is 1.80. The number of aliphatic hydroxyl groups is 2. The van der Waals surface area contributed by atoms with Crippen molar-refractivity contribution in [3.8, 4) is 11.4 Å². The molecule has 1 aliphatic heterocycles. The van der Waals surface area contributed by atoms with Gasteiger partial charge in [0.1, 0.15) is 17.6 Å². The minimum Gasteiger partial charge on any atom is -0.394 e. The van der Waals surface area contributed by atoms with Crippen molar-refractivity contribution in [1.82, 2.24) is 19.4 Å². The van der Waals surface area contributed by atoms with Gasteiger partial charge in [0, 0.05) is 50.2 Å². The Morgan fingerprint density at radius 2 is 2.06 bits per heavy atom. The Kier molecular flexibility index (Phi) is 6.99. The summed E-state index contributed by atoms with van der Waals surface area (Å²) in [6, 6.07) is 7.95. The van der Waals surface area contributed by atoms with Crippen LogP contribution in [-0.2, 0) is 23.1 Å². The number of imidazole rings is 1. The Bertz CT molecular complexity index is 1220. The van der Waals surface area contributed by atoms with E-state index in [1.807, 2.05) is 30.5 Å². The number of aromatic nitrogens is 3. The lowest BCUT2D eigenvalue weighted by molar-refractivity contribution is -0.119. The van der Waals surface area contributed by atoms with Crippen LogP contribution in [0.4, 0.5) is 0 Å². The summed E-state index contributed by atoms with van der Waals surface area (Å²) in [6.07, 6.45) is 3.03. The standard InChI is InChI=1S/C25H32N4O5/c1-16-10-19(13-28(3)24(16)33)23-27-21-5-4-18(12-26-25(14-30,15-31)17(2)32)11-22(21)29(23)20-6-8-34-9-7-20/h4-5,10-11,13-14,17,20,26,31-32H,6-9,12,15H2,1-3H3/t17-,25+/m1/s1. The van der Waals surface area contributed by atoms with Crippen LogP contribution in [0, 0.1) is 6.92 Å². The van der Waals surface area contributed by atoms with Gasteiger partial charge in [-0.3, -0.25) is 10.1 Å². The molecule has 1 saturated heterocycles. The molecule has 2 atom stereocenters. The monoisotopic (exact) mass is 468 g/mol. The molecule has 0 unspecified atom stereocenters. The predicted molar refractivity (Wildman–Crippen MR) is 129 cm³/mol. The second-order valence-corrected chi connectivity index (χ2v) is 9.15. The Morgan fingerprint density at radius 3 is 2.68 bits per heavy atom. The average Bonchev–Trinajstić information content (AvgIpc) is 3.22. The van der Waals surface area contributed by atoms with Crippen molar-refractivity contribution in [2.45, 2.75) is 50.9 Å². The third kappa shape index (κ3) is 4.44. The molecule has 0 saturated carbocycles. The topological polar surface area (TPSA) is 119 Å². The van der Waals surface area contributed by atoms with Crippen LogP contribution in [0.2, 0.25) is 0 Å². The van der Waals surface area contributed by atoms with E-state index in [1.165, 1.54) is 6.92 Å². The van der Waals surface area contributed by atoms with Gasteiger partial charge >= 0.3 is 0 Å². The first-order chi connectivity index (χ1) is 16.3. The number of benzene rings is 1. The smallest absolute Gasteiger partial charge is 0.253 e. The van der Waals surface area contributed by atoms with Gasteiger partial charge in [-0.05, 0) is 50.5 Å². The van der Waals surface area contributed by atoms with E-state index in [-0.39, 0.29) is 18.1 Å². The highest BCUT2D eigenvalue weighted by Gasteiger charge is 2.34. The fraction of sp³-hybridized carbons (Fsp3) is 0.480. The highest BCUT2D eigenvalue weighted by Crippen LogP contribution is 2.33. The van der Waals surface area contributed by atoms with E-state index in [4.69, 9.17) is 9.72 Å². The number of pyridine rings is 1. The number of carbonyl (C=O) groups is 1. The number of nitrogens with zero attached hydrogens (tertiary/aromatic N) is 3. The number of rotatable bonds is 8. The van der Waals surface area contributed by atoms with Crippen LogP contribution < -0.4 is 10.9 Å². The van der Waals surface area contributed by atoms with Crippen molar-refractivity contribution in [2.24, 2.45) is 7.05 Å². The number of fused-ring (bicyclic) bond motifs is 1. The van der Waals surface area contributed by atoms with Crippen molar-refractivity contribution >= 4 is 17.3 Å². The molecule has 3 N–H and O–H groups in total. The molecule has 0 bridgehead atoms. The molecule has 0 spiro atoms. The number of aryl methyl sites for hydroxylation is 2. The molecule has 0 aliphatic carbocycles. The molecule has 182 valence electrons. The molecular formula is C25H32N4O5. The van der Waals surface area contributed by atoms with Gasteiger partial charge < -0.3 is 28.9 Å². The van der Waals surface area contributed by atoms with Crippen LogP contribution in [-0.4, -0.2) is 62.1 Å². The van der Waals surface area contributed by atoms with Crippen LogP contribution >= 0.6 is 0 Å². The zero-order valence-corrected chi connectivity index (χ0v) is 19.8.